The van der Waals surface area contributed by atoms with Crippen molar-refractivity contribution in [2.45, 2.75) is 18.5 Å². The summed E-state index contributed by atoms with van der Waals surface area (Å²) in [4.78, 5) is 29.5. The van der Waals surface area contributed by atoms with E-state index in [0.29, 0.717) is 54.7 Å². The first-order valence-corrected chi connectivity index (χ1v) is 10.9. The third-order valence-electron chi connectivity index (χ3n) is 5.98. The zero-order valence-electron chi connectivity index (χ0n) is 18.1. The van der Waals surface area contributed by atoms with Gasteiger partial charge in [0.2, 0.25) is 5.91 Å². The minimum atomic E-state index is -0.302. The van der Waals surface area contributed by atoms with E-state index < -0.39 is 0 Å². The highest BCUT2D eigenvalue weighted by Crippen LogP contribution is 2.28. The van der Waals surface area contributed by atoms with E-state index >= 15 is 0 Å². The maximum atomic E-state index is 13.0. The van der Waals surface area contributed by atoms with Crippen molar-refractivity contribution in [2.75, 3.05) is 40.4 Å². The Morgan fingerprint density at radius 1 is 0.906 bits per heavy atom. The molecular formula is C23H27ClN4O4. The summed E-state index contributed by atoms with van der Waals surface area (Å²) in [5.41, 5.74) is 7.95. The van der Waals surface area contributed by atoms with Crippen LogP contribution in [0.25, 0.3) is 0 Å². The number of carbonyl (C=O) groups is 2. The Balaban J connectivity index is 1.32. The van der Waals surface area contributed by atoms with Crippen LogP contribution >= 0.6 is 11.6 Å². The minimum Gasteiger partial charge on any atom is -0.493 e. The molecule has 2 fully saturated rings. The Labute approximate surface area is 192 Å². The van der Waals surface area contributed by atoms with Gasteiger partial charge in [-0.3, -0.25) is 9.59 Å². The van der Waals surface area contributed by atoms with E-state index in [1.165, 1.54) is 0 Å². The summed E-state index contributed by atoms with van der Waals surface area (Å²) in [6.45, 7) is 1.97. The number of ether oxygens (including phenoxy) is 2. The lowest BCUT2D eigenvalue weighted by molar-refractivity contribution is -0.134. The van der Waals surface area contributed by atoms with Crippen LogP contribution in [-0.2, 0) is 4.79 Å². The number of methoxy groups -OCH3 is 2. The Kier molecular flexibility index (Phi) is 6.83. The van der Waals surface area contributed by atoms with Gasteiger partial charge in [0.05, 0.1) is 14.2 Å². The van der Waals surface area contributed by atoms with Gasteiger partial charge < -0.3 is 19.3 Å². The van der Waals surface area contributed by atoms with Crippen LogP contribution in [0.1, 0.15) is 28.4 Å². The molecule has 2 heterocycles. The van der Waals surface area contributed by atoms with Crippen molar-refractivity contribution in [3.05, 3.63) is 58.6 Å². The predicted octanol–water partition coefficient (Wildman–Crippen LogP) is 2.25. The summed E-state index contributed by atoms with van der Waals surface area (Å²) >= 11 is 5.96. The second kappa shape index (κ2) is 9.77. The fourth-order valence-corrected chi connectivity index (χ4v) is 4.26. The minimum absolute atomic E-state index is 0.0483. The van der Waals surface area contributed by atoms with Crippen molar-refractivity contribution in [1.82, 2.24) is 20.7 Å². The van der Waals surface area contributed by atoms with Crippen LogP contribution in [0.3, 0.4) is 0 Å². The molecule has 2 saturated heterocycles. The third kappa shape index (κ3) is 4.67. The fourth-order valence-electron chi connectivity index (χ4n) is 4.13. The van der Waals surface area contributed by atoms with Crippen molar-refractivity contribution in [2.24, 2.45) is 0 Å². The summed E-state index contributed by atoms with van der Waals surface area (Å²) in [5, 5.41) is 0.688. The van der Waals surface area contributed by atoms with Crippen LogP contribution in [0.15, 0.2) is 42.5 Å². The van der Waals surface area contributed by atoms with Gasteiger partial charge in [0.15, 0.2) is 11.5 Å². The Hall–Kier alpha value is -2.81. The number of rotatable bonds is 5. The van der Waals surface area contributed by atoms with Gasteiger partial charge in [-0.2, -0.15) is 0 Å². The molecule has 32 heavy (non-hydrogen) atoms. The molecule has 4 rings (SSSR count). The summed E-state index contributed by atoms with van der Waals surface area (Å²) in [7, 11) is 3.10. The van der Waals surface area contributed by atoms with Gasteiger partial charge in [-0.15, -0.1) is 0 Å². The maximum absolute atomic E-state index is 13.0. The zero-order chi connectivity index (χ0) is 22.7. The number of nitrogens with one attached hydrogen (secondary N) is 2. The lowest BCUT2D eigenvalue weighted by Crippen LogP contribution is -2.54. The predicted molar refractivity (Wildman–Crippen MR) is 121 cm³/mol. The highest BCUT2D eigenvalue weighted by Gasteiger charge is 2.34. The van der Waals surface area contributed by atoms with Crippen molar-refractivity contribution in [3.8, 4) is 11.5 Å². The molecule has 0 radical (unpaired) electrons. The van der Waals surface area contributed by atoms with Crippen LogP contribution in [0.2, 0.25) is 5.02 Å². The summed E-state index contributed by atoms with van der Waals surface area (Å²) in [5.74, 6) is 1.06. The first-order valence-electron chi connectivity index (χ1n) is 10.6. The lowest BCUT2D eigenvalue weighted by Gasteiger charge is -2.36. The van der Waals surface area contributed by atoms with Crippen molar-refractivity contribution < 1.29 is 19.1 Å². The van der Waals surface area contributed by atoms with E-state index in [2.05, 4.69) is 10.9 Å². The number of benzene rings is 2. The first kappa shape index (κ1) is 22.4. The smallest absolute Gasteiger partial charge is 0.254 e. The lowest BCUT2D eigenvalue weighted by atomic mass is 10.0. The highest BCUT2D eigenvalue weighted by atomic mass is 35.5. The first-order chi connectivity index (χ1) is 15.5. The zero-order valence-corrected chi connectivity index (χ0v) is 18.9. The molecule has 0 bridgehead atoms. The van der Waals surface area contributed by atoms with Crippen LogP contribution in [0, 0.1) is 0 Å². The number of amides is 2. The number of hydrazine groups is 1. The molecule has 0 saturated carbocycles. The van der Waals surface area contributed by atoms with Crippen LogP contribution in [0.5, 0.6) is 11.5 Å². The second-order valence-corrected chi connectivity index (χ2v) is 8.30. The van der Waals surface area contributed by atoms with Crippen LogP contribution in [-0.4, -0.2) is 68.1 Å². The van der Waals surface area contributed by atoms with E-state index in [1.54, 1.807) is 37.3 Å². The number of piperazine rings is 1. The molecule has 170 valence electrons. The van der Waals surface area contributed by atoms with Gasteiger partial charge in [-0.05, 0) is 42.3 Å². The molecule has 0 spiro atoms. The van der Waals surface area contributed by atoms with Gasteiger partial charge in [-0.1, -0.05) is 23.7 Å². The maximum Gasteiger partial charge on any atom is 0.254 e. The van der Waals surface area contributed by atoms with Crippen molar-refractivity contribution in [3.63, 3.8) is 0 Å². The number of carbonyl (C=O) groups excluding carboxylic acids is 2. The van der Waals surface area contributed by atoms with Gasteiger partial charge >= 0.3 is 0 Å². The van der Waals surface area contributed by atoms with E-state index in [4.69, 9.17) is 21.1 Å². The second-order valence-electron chi connectivity index (χ2n) is 7.87. The molecular weight excluding hydrogens is 432 g/mol. The molecule has 2 amide bonds. The average molecular weight is 459 g/mol. The molecule has 2 unspecified atom stereocenters. The molecule has 2 aromatic carbocycles. The van der Waals surface area contributed by atoms with Crippen LogP contribution < -0.4 is 20.3 Å². The van der Waals surface area contributed by atoms with E-state index in [-0.39, 0.29) is 23.9 Å². The molecule has 8 nitrogen and oxygen atoms in total. The van der Waals surface area contributed by atoms with Gasteiger partial charge in [0, 0.05) is 42.8 Å². The monoisotopic (exact) mass is 458 g/mol. The van der Waals surface area contributed by atoms with Gasteiger partial charge in [0.25, 0.3) is 5.91 Å². The molecule has 2 aromatic rings. The highest BCUT2D eigenvalue weighted by molar-refractivity contribution is 6.30. The SMILES string of the molecule is COc1ccc(C(=O)N2CCN(C(=O)C3CC(c4ccc(Cl)cc4)NN3)CC2)cc1OC. The summed E-state index contributed by atoms with van der Waals surface area (Å²) in [6.07, 6.45) is 0.658. The van der Waals surface area contributed by atoms with Gasteiger partial charge in [-0.25, -0.2) is 10.9 Å². The third-order valence-corrected chi connectivity index (χ3v) is 6.23. The largest absolute Gasteiger partial charge is 0.493 e. The summed E-state index contributed by atoms with van der Waals surface area (Å²) < 4.78 is 10.5. The number of hydrogen-bond donors (Lipinski definition) is 2. The van der Waals surface area contributed by atoms with E-state index in [0.717, 1.165) is 5.56 Å². The topological polar surface area (TPSA) is 83.1 Å². The molecule has 2 aliphatic heterocycles. The number of nitrogens with zero attached hydrogens (tertiary/aromatic N) is 2. The summed E-state index contributed by atoms with van der Waals surface area (Å²) in [6, 6.07) is 12.5. The Morgan fingerprint density at radius 2 is 1.56 bits per heavy atom. The fraction of sp³-hybridized carbons (Fsp3) is 0.391. The number of halogens is 1. The standard InChI is InChI=1S/C23H27ClN4O4/c1-31-20-8-5-16(13-21(20)32-2)22(29)27-9-11-28(12-10-27)23(30)19-14-18(25-26-19)15-3-6-17(24)7-4-15/h3-8,13,18-19,25-26H,9-12,14H2,1-2H3. The Morgan fingerprint density at radius 3 is 2.22 bits per heavy atom. The number of hydrogen-bond acceptors (Lipinski definition) is 6. The van der Waals surface area contributed by atoms with E-state index in [9.17, 15) is 9.59 Å². The molecule has 2 N–H and O–H groups in total. The molecule has 2 aliphatic rings. The molecule has 0 aliphatic carbocycles. The van der Waals surface area contributed by atoms with Crippen molar-refractivity contribution in [1.29, 1.82) is 0 Å². The van der Waals surface area contributed by atoms with Gasteiger partial charge in [0.1, 0.15) is 6.04 Å². The molecule has 2 atom stereocenters. The quantitative estimate of drug-likeness (QED) is 0.715. The normalized spacial score (nSPS) is 20.8. The van der Waals surface area contributed by atoms with E-state index in [1.807, 2.05) is 29.2 Å². The van der Waals surface area contributed by atoms with Crippen LogP contribution in [0.4, 0.5) is 0 Å². The Bertz CT molecular complexity index is 976. The molecule has 9 heteroatoms. The average Bonchev–Trinajstić information content (AvgIpc) is 3.33. The molecule has 0 aromatic heterocycles. The van der Waals surface area contributed by atoms with Crippen molar-refractivity contribution >= 4 is 23.4 Å².